The number of imidazole rings is 1. The molecule has 5 nitrogen and oxygen atoms in total. The molecule has 0 bridgehead atoms. The van der Waals surface area contributed by atoms with Crippen molar-refractivity contribution in [3.63, 3.8) is 0 Å². The molecular weight excluding hydrogens is 274 g/mol. The van der Waals surface area contributed by atoms with Gasteiger partial charge in [-0.2, -0.15) is 0 Å². The van der Waals surface area contributed by atoms with E-state index < -0.39 is 0 Å². The maximum absolute atomic E-state index is 4.66. The summed E-state index contributed by atoms with van der Waals surface area (Å²) in [4.78, 5) is 8.03. The van der Waals surface area contributed by atoms with E-state index >= 15 is 0 Å². The molecule has 0 saturated carbocycles. The average Bonchev–Trinajstić information content (AvgIpc) is 3.07. The SMILES string of the molecule is CCC[C@H](C)c1cn(Cc2nc3cc(C)c(C)cc3[nH]2)nn1. The molecule has 22 heavy (non-hydrogen) atoms. The second kappa shape index (κ2) is 5.91. The van der Waals surface area contributed by atoms with Gasteiger partial charge < -0.3 is 4.98 Å². The van der Waals surface area contributed by atoms with Crippen molar-refractivity contribution in [2.75, 3.05) is 0 Å². The largest absolute Gasteiger partial charge is 0.340 e. The zero-order chi connectivity index (χ0) is 15.7. The number of hydrogen-bond donors (Lipinski definition) is 1. The maximum Gasteiger partial charge on any atom is 0.129 e. The minimum absolute atomic E-state index is 0.458. The lowest BCUT2D eigenvalue weighted by molar-refractivity contribution is 0.626. The molecule has 1 N–H and O–H groups in total. The zero-order valence-electron chi connectivity index (χ0n) is 13.7. The number of nitrogens with zero attached hydrogens (tertiary/aromatic N) is 4. The van der Waals surface area contributed by atoms with Gasteiger partial charge in [0.2, 0.25) is 0 Å². The first-order chi connectivity index (χ1) is 10.6. The van der Waals surface area contributed by atoms with Crippen molar-refractivity contribution >= 4 is 11.0 Å². The van der Waals surface area contributed by atoms with Gasteiger partial charge in [0.1, 0.15) is 12.4 Å². The number of benzene rings is 1. The summed E-state index contributed by atoms with van der Waals surface area (Å²) >= 11 is 0. The Bertz CT molecular complexity index is 745. The van der Waals surface area contributed by atoms with E-state index in [0.717, 1.165) is 35.4 Å². The first-order valence-electron chi connectivity index (χ1n) is 7.92. The second-order valence-electron chi connectivity index (χ2n) is 6.17. The zero-order valence-corrected chi connectivity index (χ0v) is 13.7. The Morgan fingerprint density at radius 2 is 2.00 bits per heavy atom. The fraction of sp³-hybridized carbons (Fsp3) is 0.471. The quantitative estimate of drug-likeness (QED) is 0.780. The molecule has 1 aromatic carbocycles. The molecule has 0 radical (unpaired) electrons. The number of rotatable bonds is 5. The molecule has 116 valence electrons. The van der Waals surface area contributed by atoms with E-state index in [1.165, 1.54) is 11.1 Å². The molecule has 0 amide bonds. The summed E-state index contributed by atoms with van der Waals surface area (Å²) in [6, 6.07) is 4.28. The normalized spacial score (nSPS) is 12.9. The Morgan fingerprint density at radius 3 is 2.77 bits per heavy atom. The summed E-state index contributed by atoms with van der Waals surface area (Å²) < 4.78 is 1.86. The third-order valence-corrected chi connectivity index (χ3v) is 4.24. The predicted octanol–water partition coefficient (Wildman–Crippen LogP) is 3.72. The first-order valence-corrected chi connectivity index (χ1v) is 7.92. The van der Waals surface area contributed by atoms with E-state index in [2.05, 4.69) is 60.1 Å². The molecule has 3 rings (SSSR count). The molecule has 2 aromatic heterocycles. The summed E-state index contributed by atoms with van der Waals surface area (Å²) in [6.45, 7) is 9.25. The van der Waals surface area contributed by atoms with Crippen LogP contribution in [0.15, 0.2) is 18.3 Å². The molecule has 0 aliphatic carbocycles. The van der Waals surface area contributed by atoms with Crippen molar-refractivity contribution in [2.24, 2.45) is 0 Å². The topological polar surface area (TPSA) is 59.4 Å². The standard InChI is InChI=1S/C17H23N5/c1-5-6-11(2)16-9-22(21-20-16)10-17-18-14-7-12(3)13(4)8-15(14)19-17/h7-9,11H,5-6,10H2,1-4H3,(H,18,19)/t11-/m0/s1. The lowest BCUT2D eigenvalue weighted by Gasteiger charge is -2.03. The molecule has 0 aliphatic rings. The highest BCUT2D eigenvalue weighted by Crippen LogP contribution is 2.19. The van der Waals surface area contributed by atoms with Crippen LogP contribution in [-0.2, 0) is 6.54 Å². The Kier molecular flexibility index (Phi) is 3.96. The van der Waals surface area contributed by atoms with E-state index in [4.69, 9.17) is 0 Å². The summed E-state index contributed by atoms with van der Waals surface area (Å²) in [6.07, 6.45) is 4.34. The molecule has 0 fully saturated rings. The van der Waals surface area contributed by atoms with Gasteiger partial charge in [-0.25, -0.2) is 9.67 Å². The lowest BCUT2D eigenvalue weighted by Crippen LogP contribution is -2.02. The second-order valence-corrected chi connectivity index (χ2v) is 6.17. The molecule has 0 unspecified atom stereocenters. The number of nitrogens with one attached hydrogen (secondary N) is 1. The number of aromatic nitrogens is 5. The van der Waals surface area contributed by atoms with Gasteiger partial charge in [-0.05, 0) is 43.5 Å². The summed E-state index contributed by atoms with van der Waals surface area (Å²) in [5.74, 6) is 1.37. The fourth-order valence-corrected chi connectivity index (χ4v) is 2.75. The van der Waals surface area contributed by atoms with E-state index in [1.54, 1.807) is 0 Å². The van der Waals surface area contributed by atoms with Crippen molar-refractivity contribution in [3.05, 3.63) is 41.0 Å². The molecule has 0 saturated heterocycles. The van der Waals surface area contributed by atoms with E-state index in [1.807, 2.05) is 10.9 Å². The van der Waals surface area contributed by atoms with Crippen LogP contribution in [0.4, 0.5) is 0 Å². The van der Waals surface area contributed by atoms with Crippen molar-refractivity contribution in [3.8, 4) is 0 Å². The summed E-state index contributed by atoms with van der Waals surface area (Å²) in [5, 5.41) is 8.51. The molecule has 3 aromatic rings. The van der Waals surface area contributed by atoms with Gasteiger partial charge in [0.25, 0.3) is 0 Å². The van der Waals surface area contributed by atoms with Gasteiger partial charge in [0.05, 0.1) is 16.7 Å². The van der Waals surface area contributed by atoms with Crippen LogP contribution in [0.25, 0.3) is 11.0 Å². The van der Waals surface area contributed by atoms with Crippen LogP contribution in [0.2, 0.25) is 0 Å². The lowest BCUT2D eigenvalue weighted by atomic mass is 10.0. The van der Waals surface area contributed by atoms with Gasteiger partial charge in [-0.1, -0.05) is 25.5 Å². The third-order valence-electron chi connectivity index (χ3n) is 4.24. The highest BCUT2D eigenvalue weighted by Gasteiger charge is 2.11. The van der Waals surface area contributed by atoms with E-state index in [0.29, 0.717) is 12.5 Å². The highest BCUT2D eigenvalue weighted by molar-refractivity contribution is 5.77. The van der Waals surface area contributed by atoms with Crippen molar-refractivity contribution in [1.82, 2.24) is 25.0 Å². The Hall–Kier alpha value is -2.17. The minimum atomic E-state index is 0.458. The molecule has 1 atom stereocenters. The Labute approximate surface area is 130 Å². The molecular formula is C17H23N5. The van der Waals surface area contributed by atoms with Crippen LogP contribution >= 0.6 is 0 Å². The Morgan fingerprint density at radius 1 is 1.23 bits per heavy atom. The average molecular weight is 297 g/mol. The van der Waals surface area contributed by atoms with E-state index in [9.17, 15) is 0 Å². The van der Waals surface area contributed by atoms with Gasteiger partial charge in [0.15, 0.2) is 0 Å². The molecule has 0 spiro atoms. The van der Waals surface area contributed by atoms with Crippen molar-refractivity contribution in [2.45, 2.75) is 53.0 Å². The number of H-pyrrole nitrogens is 1. The third kappa shape index (κ3) is 2.89. The van der Waals surface area contributed by atoms with Crippen LogP contribution in [0, 0.1) is 13.8 Å². The number of aryl methyl sites for hydroxylation is 2. The number of fused-ring (bicyclic) bond motifs is 1. The van der Waals surface area contributed by atoms with Crippen LogP contribution in [0.3, 0.4) is 0 Å². The summed E-state index contributed by atoms with van der Waals surface area (Å²) in [5.41, 5.74) is 5.70. The fourth-order valence-electron chi connectivity index (χ4n) is 2.75. The molecule has 5 heteroatoms. The maximum atomic E-state index is 4.66. The van der Waals surface area contributed by atoms with Crippen LogP contribution in [0.1, 0.15) is 55.3 Å². The highest BCUT2D eigenvalue weighted by atomic mass is 15.4. The van der Waals surface area contributed by atoms with Crippen molar-refractivity contribution < 1.29 is 0 Å². The molecule has 0 aliphatic heterocycles. The monoisotopic (exact) mass is 297 g/mol. The van der Waals surface area contributed by atoms with Gasteiger partial charge >= 0.3 is 0 Å². The van der Waals surface area contributed by atoms with Crippen LogP contribution in [-0.4, -0.2) is 25.0 Å². The van der Waals surface area contributed by atoms with Gasteiger partial charge in [-0.3, -0.25) is 0 Å². The van der Waals surface area contributed by atoms with Crippen LogP contribution in [0.5, 0.6) is 0 Å². The number of hydrogen-bond acceptors (Lipinski definition) is 3. The minimum Gasteiger partial charge on any atom is -0.340 e. The van der Waals surface area contributed by atoms with Crippen molar-refractivity contribution in [1.29, 1.82) is 0 Å². The van der Waals surface area contributed by atoms with E-state index in [-0.39, 0.29) is 0 Å². The smallest absolute Gasteiger partial charge is 0.129 e. The predicted molar refractivity (Wildman–Crippen MR) is 88.0 cm³/mol. The number of aromatic amines is 1. The first kappa shape index (κ1) is 14.8. The summed E-state index contributed by atoms with van der Waals surface area (Å²) in [7, 11) is 0. The Balaban J connectivity index is 1.81. The van der Waals surface area contributed by atoms with Crippen LogP contribution < -0.4 is 0 Å². The van der Waals surface area contributed by atoms with Gasteiger partial charge in [-0.15, -0.1) is 5.10 Å². The molecule has 2 heterocycles. The van der Waals surface area contributed by atoms with Gasteiger partial charge in [0, 0.05) is 12.1 Å².